The summed E-state index contributed by atoms with van der Waals surface area (Å²) in [6.45, 7) is 8.39. The van der Waals surface area contributed by atoms with Crippen molar-refractivity contribution in [1.29, 1.82) is 0 Å². The van der Waals surface area contributed by atoms with Crippen LogP contribution in [0.15, 0.2) is 146 Å². The molecule has 0 amide bonds. The number of aromatic amines is 2. The molecule has 6 aromatic carbocycles. The molecule has 11 aromatic rings. The number of rotatable bonds is 8. The van der Waals surface area contributed by atoms with E-state index in [1.54, 1.807) is 0 Å². The Bertz CT molecular complexity index is 4130. The maximum absolute atomic E-state index is 5.70. The topological polar surface area (TPSA) is 160 Å². The molecule has 0 radical (unpaired) electrons. The Hall–Kier alpha value is -9.16. The zero-order valence-electron chi connectivity index (χ0n) is 40.2. The van der Waals surface area contributed by atoms with E-state index in [4.69, 9.17) is 49.8 Å². The van der Waals surface area contributed by atoms with Crippen molar-refractivity contribution >= 4 is 44.4 Å². The summed E-state index contributed by atoms with van der Waals surface area (Å²) in [6.07, 6.45) is 2.77. The Morgan fingerprint density at radius 2 is 0.597 bits per heavy atom. The van der Waals surface area contributed by atoms with Crippen molar-refractivity contribution in [3.63, 3.8) is 0 Å². The lowest BCUT2D eigenvalue weighted by Crippen LogP contribution is -2.03. The second kappa shape index (κ2) is 17.4. The maximum Gasteiger partial charge on any atom is 0.184 e. The number of nitrogens with zero attached hydrogens (tertiary/aromatic N) is 10. The first-order valence-corrected chi connectivity index (χ1v) is 24.7. The van der Waals surface area contributed by atoms with Gasteiger partial charge in [-0.2, -0.15) is 0 Å². The van der Waals surface area contributed by atoms with Crippen LogP contribution in [0.25, 0.3) is 135 Å². The second-order valence-electron chi connectivity index (χ2n) is 17.9. The van der Waals surface area contributed by atoms with Crippen LogP contribution in [-0.4, -0.2) is 59.8 Å². The summed E-state index contributed by atoms with van der Waals surface area (Å²) in [4.78, 5) is 61.2. The van der Waals surface area contributed by atoms with E-state index in [1.807, 2.05) is 24.3 Å². The molecule has 8 bridgehead atoms. The number of fused-ring (bicyclic) bond motifs is 20. The van der Waals surface area contributed by atoms with Crippen LogP contribution in [0.2, 0.25) is 0 Å². The molecule has 72 heavy (non-hydrogen) atoms. The highest BCUT2D eigenvalue weighted by atomic mass is 15.1. The normalized spacial score (nSPS) is 11.8. The number of hydrogen-bond acceptors (Lipinski definition) is 10. The molecule has 0 saturated carbocycles. The van der Waals surface area contributed by atoms with Gasteiger partial charge in [0.2, 0.25) is 0 Å². The zero-order valence-corrected chi connectivity index (χ0v) is 40.2. The van der Waals surface area contributed by atoms with Gasteiger partial charge in [-0.1, -0.05) is 173 Å². The lowest BCUT2D eigenvalue weighted by molar-refractivity contribution is 0.911. The monoisotopic (exact) mass is 934 g/mol. The average Bonchev–Trinajstić information content (AvgIpc) is 4.18. The lowest BCUT2D eigenvalue weighted by atomic mass is 9.89. The standard InChI is InChI=1S/C60H46N12/c1-5-41-43(7-3)63-51-49(61-41)57-68-55-47-39(35-25-17-11-18-26-35)31-29-37(33-21-13-9-14-22-33)45(47)53(66-55)65-54-46-38(34-23-15-10-16-24-34)30-32-40(36-27-19-12-20-28-36)48(46)56(67-54)69-58-50-52(60(71-58)72-59(51)70-57)64-44(8-4)42(6-2)62-50/h9-32H,5-8H2,1-4H3,(H2,65,66,67,68,69,70,71,72). The summed E-state index contributed by atoms with van der Waals surface area (Å²) in [5.74, 6) is 1.71. The van der Waals surface area contributed by atoms with E-state index in [2.05, 4.69) is 159 Å². The average molecular weight is 935 g/mol. The largest absolute Gasteiger partial charge is 0.324 e. The molecule has 7 heterocycles. The SMILES string of the molecule is CCc1nc2c(nc1CC)-c1nc-2nc2[nH]c(nc3nc(nc4[nH]c(n1)c1c(-c5ccccc5)ccc(-c5ccccc5)c41)-c1c(-c4ccccc4)ccc(-c4ccccc4)c1-3)c1nc(CC)c(CC)nc21. The van der Waals surface area contributed by atoms with Crippen LogP contribution >= 0.6 is 0 Å². The van der Waals surface area contributed by atoms with Crippen molar-refractivity contribution in [2.45, 2.75) is 53.4 Å². The molecule has 2 N–H and O–H groups in total. The zero-order chi connectivity index (χ0) is 48.5. The van der Waals surface area contributed by atoms with Crippen molar-refractivity contribution < 1.29 is 0 Å². The van der Waals surface area contributed by atoms with E-state index in [9.17, 15) is 0 Å². The second-order valence-corrected chi connectivity index (χ2v) is 17.9. The molecule has 12 nitrogen and oxygen atoms in total. The number of H-pyrrole nitrogens is 2. The highest BCUT2D eigenvalue weighted by molar-refractivity contribution is 6.18. The van der Waals surface area contributed by atoms with Gasteiger partial charge in [-0.15, -0.1) is 0 Å². The van der Waals surface area contributed by atoms with Gasteiger partial charge in [0, 0.05) is 21.9 Å². The summed E-state index contributed by atoms with van der Waals surface area (Å²) in [7, 11) is 0. The molecule has 0 unspecified atom stereocenters. The number of aromatic nitrogens is 12. The lowest BCUT2D eigenvalue weighted by Gasteiger charge is -2.13. The molecule has 0 saturated heterocycles. The van der Waals surface area contributed by atoms with Gasteiger partial charge in [-0.05, 0) is 70.2 Å². The van der Waals surface area contributed by atoms with Gasteiger partial charge in [0.1, 0.15) is 33.7 Å². The number of aryl methyl sites for hydroxylation is 4. The quantitative estimate of drug-likeness (QED) is 0.150. The van der Waals surface area contributed by atoms with Crippen molar-refractivity contribution in [3.8, 4) is 90.3 Å². The number of nitrogens with one attached hydrogen (secondary N) is 2. The fraction of sp³-hybridized carbons (Fsp3) is 0.133. The predicted molar refractivity (Wildman–Crippen MR) is 286 cm³/mol. The molecule has 2 aliphatic rings. The third-order valence-corrected chi connectivity index (χ3v) is 13.8. The van der Waals surface area contributed by atoms with Crippen LogP contribution < -0.4 is 0 Å². The van der Waals surface area contributed by atoms with Gasteiger partial charge in [-0.3, -0.25) is 0 Å². The summed E-state index contributed by atoms with van der Waals surface area (Å²) in [6, 6.07) is 50.3. The van der Waals surface area contributed by atoms with Crippen LogP contribution in [0, 0.1) is 0 Å². The Morgan fingerprint density at radius 3 is 1.00 bits per heavy atom. The molecule has 5 aromatic heterocycles. The molecule has 0 fully saturated rings. The van der Waals surface area contributed by atoms with Crippen LogP contribution in [0.5, 0.6) is 0 Å². The van der Waals surface area contributed by atoms with Crippen LogP contribution in [0.1, 0.15) is 50.5 Å². The molecule has 346 valence electrons. The van der Waals surface area contributed by atoms with Crippen LogP contribution in [0.3, 0.4) is 0 Å². The molecular weight excluding hydrogens is 889 g/mol. The minimum atomic E-state index is 0.363. The minimum Gasteiger partial charge on any atom is -0.324 e. The first-order valence-electron chi connectivity index (χ1n) is 24.7. The minimum absolute atomic E-state index is 0.363. The van der Waals surface area contributed by atoms with E-state index in [1.165, 1.54) is 0 Å². The summed E-state index contributed by atoms with van der Waals surface area (Å²) >= 11 is 0. The fourth-order valence-electron chi connectivity index (χ4n) is 10.3. The predicted octanol–water partition coefficient (Wildman–Crippen LogP) is 13.4. The first kappa shape index (κ1) is 42.9. The molecule has 12 heteroatoms. The summed E-state index contributed by atoms with van der Waals surface area (Å²) in [5, 5.41) is 1.75. The summed E-state index contributed by atoms with van der Waals surface area (Å²) < 4.78 is 0. The molecule has 0 aliphatic carbocycles. The van der Waals surface area contributed by atoms with Crippen LogP contribution in [-0.2, 0) is 25.7 Å². The highest BCUT2D eigenvalue weighted by Gasteiger charge is 2.30. The molecule has 0 atom stereocenters. The van der Waals surface area contributed by atoms with Crippen molar-refractivity contribution in [2.75, 3.05) is 0 Å². The van der Waals surface area contributed by atoms with E-state index in [-0.39, 0.29) is 0 Å². The van der Waals surface area contributed by atoms with Gasteiger partial charge in [0.25, 0.3) is 0 Å². The smallest absolute Gasteiger partial charge is 0.184 e. The van der Waals surface area contributed by atoms with Gasteiger partial charge in [0.15, 0.2) is 34.6 Å². The van der Waals surface area contributed by atoms with Gasteiger partial charge in [-0.25, -0.2) is 49.8 Å². The van der Waals surface area contributed by atoms with Gasteiger partial charge in [0.05, 0.1) is 22.8 Å². The third-order valence-electron chi connectivity index (χ3n) is 13.8. The van der Waals surface area contributed by atoms with E-state index < -0.39 is 0 Å². The van der Waals surface area contributed by atoms with Gasteiger partial charge >= 0.3 is 0 Å². The molecule has 13 rings (SSSR count). The summed E-state index contributed by atoms with van der Waals surface area (Å²) in [5.41, 5.74) is 17.5. The number of benzene rings is 6. The van der Waals surface area contributed by atoms with Crippen molar-refractivity contribution in [3.05, 3.63) is 168 Å². The molecule has 2 aliphatic heterocycles. The van der Waals surface area contributed by atoms with Crippen LogP contribution in [0.4, 0.5) is 0 Å². The maximum atomic E-state index is 5.70. The van der Waals surface area contributed by atoms with Gasteiger partial charge < -0.3 is 9.97 Å². The first-order chi connectivity index (χ1) is 35.5. The Morgan fingerprint density at radius 1 is 0.292 bits per heavy atom. The molecule has 0 spiro atoms. The van der Waals surface area contributed by atoms with Crippen molar-refractivity contribution in [1.82, 2.24) is 59.8 Å². The Kier molecular flexibility index (Phi) is 10.3. The van der Waals surface area contributed by atoms with E-state index >= 15 is 0 Å². The molecular formula is C60H46N12. The fourth-order valence-corrected chi connectivity index (χ4v) is 10.3. The van der Waals surface area contributed by atoms with E-state index in [0.29, 0.717) is 94.0 Å². The number of hydrogen-bond donors (Lipinski definition) is 2. The third kappa shape index (κ3) is 6.97. The van der Waals surface area contributed by atoms with Crippen molar-refractivity contribution in [2.24, 2.45) is 0 Å². The Labute approximate surface area is 414 Å². The highest BCUT2D eigenvalue weighted by Crippen LogP contribution is 2.48. The Balaban J connectivity index is 1.28. The van der Waals surface area contributed by atoms with E-state index in [0.717, 1.165) is 89.2 Å².